The first-order chi connectivity index (χ1) is 15.0. The molecule has 8 nitrogen and oxygen atoms in total. The average molecular weight is 419 g/mol. The number of hydrogen-bond acceptors (Lipinski definition) is 5. The standard InChI is InChI=1S/C23H21N3O5/c1-26-18-11-15(8-10-20(18)31-13-21(26)27)25-23(29)22(28)24-12-17-16-6-4-3-5-14(16)7-9-19(17)30-2/h3-11H,12-13H2,1-2H3,(H,24,28)(H,25,29). The fourth-order valence-corrected chi connectivity index (χ4v) is 3.48. The van der Waals surface area contributed by atoms with Gasteiger partial charge in [-0.3, -0.25) is 14.4 Å². The van der Waals surface area contributed by atoms with Crippen molar-refractivity contribution >= 4 is 39.9 Å². The van der Waals surface area contributed by atoms with Crippen LogP contribution in [-0.4, -0.2) is 38.5 Å². The molecule has 1 aliphatic heterocycles. The molecule has 0 saturated carbocycles. The highest BCUT2D eigenvalue weighted by atomic mass is 16.5. The van der Waals surface area contributed by atoms with E-state index >= 15 is 0 Å². The van der Waals surface area contributed by atoms with E-state index < -0.39 is 11.8 Å². The molecule has 0 radical (unpaired) electrons. The van der Waals surface area contributed by atoms with E-state index in [1.54, 1.807) is 32.4 Å². The third kappa shape index (κ3) is 4.00. The Balaban J connectivity index is 1.46. The molecule has 158 valence electrons. The van der Waals surface area contributed by atoms with E-state index in [1.807, 2.05) is 36.4 Å². The number of carbonyl (C=O) groups is 3. The molecular formula is C23H21N3O5. The van der Waals surface area contributed by atoms with Gasteiger partial charge in [-0.2, -0.15) is 0 Å². The Morgan fingerprint density at radius 3 is 2.71 bits per heavy atom. The Morgan fingerprint density at radius 1 is 1.10 bits per heavy atom. The second-order valence-corrected chi connectivity index (χ2v) is 7.03. The van der Waals surface area contributed by atoms with Crippen LogP contribution in [-0.2, 0) is 20.9 Å². The van der Waals surface area contributed by atoms with Crippen LogP contribution in [0.3, 0.4) is 0 Å². The monoisotopic (exact) mass is 419 g/mol. The highest BCUT2D eigenvalue weighted by molar-refractivity contribution is 6.39. The van der Waals surface area contributed by atoms with Gasteiger partial charge in [-0.1, -0.05) is 30.3 Å². The number of rotatable bonds is 4. The summed E-state index contributed by atoms with van der Waals surface area (Å²) in [5.41, 5.74) is 1.69. The summed E-state index contributed by atoms with van der Waals surface area (Å²) in [4.78, 5) is 38.1. The topological polar surface area (TPSA) is 97.0 Å². The lowest BCUT2D eigenvalue weighted by atomic mass is 10.0. The Hall–Kier alpha value is -4.07. The van der Waals surface area contributed by atoms with Crippen molar-refractivity contribution in [3.8, 4) is 11.5 Å². The zero-order valence-electron chi connectivity index (χ0n) is 17.1. The Morgan fingerprint density at radius 2 is 1.90 bits per heavy atom. The molecule has 3 aromatic rings. The van der Waals surface area contributed by atoms with Crippen molar-refractivity contribution in [2.45, 2.75) is 6.54 Å². The van der Waals surface area contributed by atoms with Crippen molar-refractivity contribution in [3.63, 3.8) is 0 Å². The minimum absolute atomic E-state index is 0.0325. The van der Waals surface area contributed by atoms with Crippen LogP contribution in [0.1, 0.15) is 5.56 Å². The molecule has 3 aromatic carbocycles. The third-order valence-electron chi connectivity index (χ3n) is 5.15. The number of anilines is 2. The van der Waals surface area contributed by atoms with E-state index in [9.17, 15) is 14.4 Å². The zero-order chi connectivity index (χ0) is 22.0. The lowest BCUT2D eigenvalue weighted by Gasteiger charge is -2.26. The molecule has 0 aromatic heterocycles. The van der Waals surface area contributed by atoms with Crippen molar-refractivity contribution in [3.05, 3.63) is 60.2 Å². The SMILES string of the molecule is COc1ccc2ccccc2c1CNC(=O)C(=O)Nc1ccc2c(c1)N(C)C(=O)CO2. The van der Waals surface area contributed by atoms with Crippen molar-refractivity contribution in [2.75, 3.05) is 31.0 Å². The maximum absolute atomic E-state index is 12.4. The van der Waals surface area contributed by atoms with Crippen LogP contribution in [0.15, 0.2) is 54.6 Å². The summed E-state index contributed by atoms with van der Waals surface area (Å²) in [6, 6.07) is 16.4. The maximum Gasteiger partial charge on any atom is 0.313 e. The van der Waals surface area contributed by atoms with Gasteiger partial charge < -0.3 is 25.0 Å². The number of fused-ring (bicyclic) bond motifs is 2. The quantitative estimate of drug-likeness (QED) is 0.634. The smallest absolute Gasteiger partial charge is 0.313 e. The molecular weight excluding hydrogens is 398 g/mol. The summed E-state index contributed by atoms with van der Waals surface area (Å²) in [6.07, 6.45) is 0. The van der Waals surface area contributed by atoms with Crippen LogP contribution >= 0.6 is 0 Å². The van der Waals surface area contributed by atoms with E-state index in [1.165, 1.54) is 4.90 Å². The molecule has 0 aliphatic carbocycles. The van der Waals surface area contributed by atoms with Gasteiger partial charge in [-0.25, -0.2) is 0 Å². The van der Waals surface area contributed by atoms with Gasteiger partial charge in [-0.15, -0.1) is 0 Å². The van der Waals surface area contributed by atoms with Gasteiger partial charge >= 0.3 is 11.8 Å². The van der Waals surface area contributed by atoms with E-state index in [2.05, 4.69) is 10.6 Å². The van der Waals surface area contributed by atoms with Gasteiger partial charge in [0.2, 0.25) is 0 Å². The second kappa shape index (κ2) is 8.35. The first-order valence-corrected chi connectivity index (χ1v) is 9.65. The van der Waals surface area contributed by atoms with Gasteiger partial charge in [0.25, 0.3) is 5.91 Å². The first-order valence-electron chi connectivity index (χ1n) is 9.65. The van der Waals surface area contributed by atoms with Crippen LogP contribution < -0.4 is 25.0 Å². The van der Waals surface area contributed by atoms with E-state index in [-0.39, 0.29) is 19.1 Å². The van der Waals surface area contributed by atoms with Gasteiger partial charge in [0, 0.05) is 24.8 Å². The number of hydrogen-bond donors (Lipinski definition) is 2. The number of amides is 3. The first kappa shape index (κ1) is 20.2. The summed E-state index contributed by atoms with van der Waals surface area (Å²) in [7, 11) is 3.18. The molecule has 0 spiro atoms. The number of carbonyl (C=O) groups excluding carboxylic acids is 3. The normalized spacial score (nSPS) is 12.7. The van der Waals surface area contributed by atoms with Gasteiger partial charge in [0.05, 0.1) is 12.8 Å². The van der Waals surface area contributed by atoms with E-state index in [0.717, 1.165) is 16.3 Å². The van der Waals surface area contributed by atoms with Crippen molar-refractivity contribution < 1.29 is 23.9 Å². The van der Waals surface area contributed by atoms with Crippen LogP contribution in [0, 0.1) is 0 Å². The molecule has 2 N–H and O–H groups in total. The second-order valence-electron chi connectivity index (χ2n) is 7.03. The lowest BCUT2D eigenvalue weighted by Crippen LogP contribution is -2.36. The van der Waals surface area contributed by atoms with Crippen LogP contribution in [0.2, 0.25) is 0 Å². The minimum atomic E-state index is -0.815. The van der Waals surface area contributed by atoms with Crippen LogP contribution in [0.5, 0.6) is 11.5 Å². The van der Waals surface area contributed by atoms with Crippen molar-refractivity contribution in [1.29, 1.82) is 0 Å². The fourth-order valence-electron chi connectivity index (χ4n) is 3.48. The summed E-state index contributed by atoms with van der Waals surface area (Å²) in [6.45, 7) is 0.0985. The molecule has 31 heavy (non-hydrogen) atoms. The number of nitrogens with one attached hydrogen (secondary N) is 2. The summed E-state index contributed by atoms with van der Waals surface area (Å²) in [5.74, 6) is -0.634. The number of benzene rings is 3. The molecule has 0 unspecified atom stereocenters. The molecule has 0 bridgehead atoms. The number of ether oxygens (including phenoxy) is 2. The highest BCUT2D eigenvalue weighted by Crippen LogP contribution is 2.33. The molecule has 0 saturated heterocycles. The largest absolute Gasteiger partial charge is 0.496 e. The van der Waals surface area contributed by atoms with E-state index in [0.29, 0.717) is 22.9 Å². The predicted molar refractivity (Wildman–Crippen MR) is 116 cm³/mol. The molecule has 0 atom stereocenters. The highest BCUT2D eigenvalue weighted by Gasteiger charge is 2.23. The van der Waals surface area contributed by atoms with Crippen molar-refractivity contribution in [1.82, 2.24) is 5.32 Å². The summed E-state index contributed by atoms with van der Waals surface area (Å²) < 4.78 is 10.8. The molecule has 0 fully saturated rings. The fraction of sp³-hybridized carbons (Fsp3) is 0.174. The van der Waals surface area contributed by atoms with Crippen molar-refractivity contribution in [2.24, 2.45) is 0 Å². The minimum Gasteiger partial charge on any atom is -0.496 e. The number of nitrogens with zero attached hydrogens (tertiary/aromatic N) is 1. The third-order valence-corrected chi connectivity index (χ3v) is 5.15. The summed E-state index contributed by atoms with van der Waals surface area (Å²) in [5, 5.41) is 7.14. The maximum atomic E-state index is 12.4. The molecule has 3 amide bonds. The lowest BCUT2D eigenvalue weighted by molar-refractivity contribution is -0.136. The van der Waals surface area contributed by atoms with Gasteiger partial charge in [-0.05, 0) is 35.0 Å². The Bertz CT molecular complexity index is 1190. The van der Waals surface area contributed by atoms with Gasteiger partial charge in [0.15, 0.2) is 6.61 Å². The molecule has 1 heterocycles. The Kier molecular flexibility index (Phi) is 5.44. The summed E-state index contributed by atoms with van der Waals surface area (Å²) >= 11 is 0. The predicted octanol–water partition coefficient (Wildman–Crippen LogP) is 2.46. The van der Waals surface area contributed by atoms with E-state index in [4.69, 9.17) is 9.47 Å². The van der Waals surface area contributed by atoms with Crippen LogP contribution in [0.4, 0.5) is 11.4 Å². The Labute approximate surface area is 178 Å². The zero-order valence-corrected chi connectivity index (χ0v) is 17.1. The number of likely N-dealkylation sites (N-methyl/N-ethyl adjacent to an activating group) is 1. The van der Waals surface area contributed by atoms with Gasteiger partial charge in [0.1, 0.15) is 11.5 Å². The molecule has 4 rings (SSSR count). The number of methoxy groups -OCH3 is 1. The average Bonchev–Trinajstić information content (AvgIpc) is 2.79. The van der Waals surface area contributed by atoms with Crippen LogP contribution in [0.25, 0.3) is 10.8 Å². The molecule has 1 aliphatic rings. The molecule has 8 heteroatoms.